The Kier molecular flexibility index (Phi) is 2.58. The Hall–Kier alpha value is -1.23. The Labute approximate surface area is 86.4 Å². The number of rotatable bonds is 3. The molecule has 0 saturated carbocycles. The van der Waals surface area contributed by atoms with Gasteiger partial charge >= 0.3 is 0 Å². The lowest BCUT2D eigenvalue weighted by atomic mass is 10.1. The van der Waals surface area contributed by atoms with Gasteiger partial charge in [-0.1, -0.05) is 13.8 Å². The fraction of sp³-hybridized carbons (Fsp3) is 0.444. The van der Waals surface area contributed by atoms with Crippen LogP contribution in [0.3, 0.4) is 0 Å². The van der Waals surface area contributed by atoms with Gasteiger partial charge in [-0.3, -0.25) is 0 Å². The van der Waals surface area contributed by atoms with Gasteiger partial charge in [-0.15, -0.1) is 16.4 Å². The molecule has 0 atom stereocenters. The molecule has 0 aliphatic rings. The monoisotopic (exact) mass is 208 g/mol. The molecule has 2 aromatic heterocycles. The molecule has 0 bridgehead atoms. The van der Waals surface area contributed by atoms with E-state index in [9.17, 15) is 0 Å². The molecule has 4 nitrogen and oxygen atoms in total. The highest BCUT2D eigenvalue weighted by Gasteiger charge is 2.06. The minimum absolute atomic E-state index is 0.689. The Morgan fingerprint density at radius 1 is 1.43 bits per heavy atom. The topological polar surface area (TPSA) is 54.5 Å². The van der Waals surface area contributed by atoms with E-state index < -0.39 is 0 Å². The number of nitrogens with one attached hydrogen (secondary N) is 1. The van der Waals surface area contributed by atoms with Crippen molar-refractivity contribution < 1.29 is 0 Å². The summed E-state index contributed by atoms with van der Waals surface area (Å²) in [5, 5.41) is 13.7. The summed E-state index contributed by atoms with van der Waals surface area (Å²) in [5.74, 6) is 1.44. The number of aromatic nitrogens is 4. The third-order valence-electron chi connectivity index (χ3n) is 1.85. The van der Waals surface area contributed by atoms with E-state index in [1.165, 1.54) is 4.88 Å². The maximum atomic E-state index is 3.87. The molecular formula is C9H12N4S. The van der Waals surface area contributed by atoms with Crippen LogP contribution < -0.4 is 0 Å². The van der Waals surface area contributed by atoms with E-state index in [2.05, 4.69) is 46.6 Å². The molecule has 2 heterocycles. The van der Waals surface area contributed by atoms with Gasteiger partial charge in [0.1, 0.15) is 0 Å². The zero-order chi connectivity index (χ0) is 9.97. The van der Waals surface area contributed by atoms with Gasteiger partial charge in [0.05, 0.1) is 4.88 Å². The third kappa shape index (κ3) is 1.98. The highest BCUT2D eigenvalue weighted by molar-refractivity contribution is 7.15. The van der Waals surface area contributed by atoms with Crippen LogP contribution >= 0.6 is 11.3 Å². The zero-order valence-corrected chi connectivity index (χ0v) is 9.01. The molecule has 0 unspecified atom stereocenters. The first-order chi connectivity index (χ1) is 6.75. The van der Waals surface area contributed by atoms with Gasteiger partial charge in [0.15, 0.2) is 5.82 Å². The Bertz CT molecular complexity index is 391. The maximum absolute atomic E-state index is 3.87. The van der Waals surface area contributed by atoms with Crippen LogP contribution in [-0.4, -0.2) is 20.6 Å². The van der Waals surface area contributed by atoms with E-state index >= 15 is 0 Å². The first-order valence-corrected chi connectivity index (χ1v) is 5.40. The molecule has 0 spiro atoms. The van der Waals surface area contributed by atoms with E-state index in [0.717, 1.165) is 17.1 Å². The largest absolute Gasteiger partial charge is 0.238 e. The quantitative estimate of drug-likeness (QED) is 0.840. The third-order valence-corrected chi connectivity index (χ3v) is 2.96. The van der Waals surface area contributed by atoms with Crippen molar-refractivity contribution in [3.63, 3.8) is 0 Å². The number of hydrogen-bond donors (Lipinski definition) is 1. The number of hydrogen-bond acceptors (Lipinski definition) is 4. The van der Waals surface area contributed by atoms with E-state index in [0.29, 0.717) is 5.92 Å². The molecule has 0 saturated heterocycles. The SMILES string of the molecule is CC(C)Cc1ccc(-c2nnn[nH]2)s1. The summed E-state index contributed by atoms with van der Waals surface area (Å²) in [6.07, 6.45) is 1.12. The van der Waals surface area contributed by atoms with Crippen molar-refractivity contribution in [1.82, 2.24) is 20.6 Å². The summed E-state index contributed by atoms with van der Waals surface area (Å²) in [6.45, 7) is 4.44. The highest BCUT2D eigenvalue weighted by Crippen LogP contribution is 2.26. The molecular weight excluding hydrogens is 196 g/mol. The maximum Gasteiger partial charge on any atom is 0.189 e. The minimum atomic E-state index is 0.689. The smallest absolute Gasteiger partial charge is 0.189 e. The molecule has 5 heteroatoms. The van der Waals surface area contributed by atoms with E-state index in [4.69, 9.17) is 0 Å². The lowest BCUT2D eigenvalue weighted by Crippen LogP contribution is -1.89. The Balaban J connectivity index is 2.18. The molecule has 2 rings (SSSR count). The lowest BCUT2D eigenvalue weighted by Gasteiger charge is -1.99. The van der Waals surface area contributed by atoms with Crippen LogP contribution in [0.2, 0.25) is 0 Å². The number of aromatic amines is 1. The van der Waals surface area contributed by atoms with Gasteiger partial charge in [-0.05, 0) is 34.9 Å². The molecule has 14 heavy (non-hydrogen) atoms. The van der Waals surface area contributed by atoms with Crippen molar-refractivity contribution in [1.29, 1.82) is 0 Å². The molecule has 0 amide bonds. The molecule has 0 radical (unpaired) electrons. The van der Waals surface area contributed by atoms with Crippen LogP contribution in [0.4, 0.5) is 0 Å². The summed E-state index contributed by atoms with van der Waals surface area (Å²) in [5.41, 5.74) is 0. The van der Waals surface area contributed by atoms with Gasteiger partial charge in [0, 0.05) is 4.88 Å². The molecule has 1 N–H and O–H groups in total. The number of nitrogens with zero attached hydrogens (tertiary/aromatic N) is 3. The van der Waals surface area contributed by atoms with Crippen molar-refractivity contribution in [3.8, 4) is 10.7 Å². The fourth-order valence-corrected chi connectivity index (χ4v) is 2.44. The van der Waals surface area contributed by atoms with Crippen LogP contribution in [-0.2, 0) is 6.42 Å². The van der Waals surface area contributed by atoms with Crippen molar-refractivity contribution in [2.45, 2.75) is 20.3 Å². The zero-order valence-electron chi connectivity index (χ0n) is 8.19. The first kappa shape index (κ1) is 9.33. The predicted molar refractivity (Wildman–Crippen MR) is 56.0 cm³/mol. The Morgan fingerprint density at radius 2 is 2.29 bits per heavy atom. The predicted octanol–water partition coefficient (Wildman–Crippen LogP) is 2.13. The number of thiophene rings is 1. The van der Waals surface area contributed by atoms with Crippen LogP contribution in [0, 0.1) is 5.92 Å². The van der Waals surface area contributed by atoms with Crippen molar-refractivity contribution >= 4 is 11.3 Å². The van der Waals surface area contributed by atoms with Crippen LogP contribution in [0.25, 0.3) is 10.7 Å². The van der Waals surface area contributed by atoms with E-state index in [1.54, 1.807) is 11.3 Å². The second-order valence-electron chi connectivity index (χ2n) is 3.61. The number of tetrazole rings is 1. The molecule has 0 aliphatic heterocycles. The van der Waals surface area contributed by atoms with Crippen LogP contribution in [0.1, 0.15) is 18.7 Å². The molecule has 74 valence electrons. The number of H-pyrrole nitrogens is 1. The minimum Gasteiger partial charge on any atom is -0.238 e. The van der Waals surface area contributed by atoms with Crippen molar-refractivity contribution in [2.24, 2.45) is 5.92 Å². The van der Waals surface area contributed by atoms with Crippen LogP contribution in [0.15, 0.2) is 12.1 Å². The summed E-state index contributed by atoms with van der Waals surface area (Å²) in [7, 11) is 0. The average Bonchev–Trinajstić information content (AvgIpc) is 2.69. The van der Waals surface area contributed by atoms with Gasteiger partial charge in [0.25, 0.3) is 0 Å². The molecule has 0 fully saturated rings. The average molecular weight is 208 g/mol. The van der Waals surface area contributed by atoms with Gasteiger partial charge < -0.3 is 0 Å². The van der Waals surface area contributed by atoms with E-state index in [1.807, 2.05) is 0 Å². The molecule has 2 aromatic rings. The summed E-state index contributed by atoms with van der Waals surface area (Å²) < 4.78 is 0. The second-order valence-corrected chi connectivity index (χ2v) is 4.78. The van der Waals surface area contributed by atoms with Crippen LogP contribution in [0.5, 0.6) is 0 Å². The van der Waals surface area contributed by atoms with Crippen molar-refractivity contribution in [3.05, 3.63) is 17.0 Å². The summed E-state index contributed by atoms with van der Waals surface area (Å²) >= 11 is 1.75. The summed E-state index contributed by atoms with van der Waals surface area (Å²) in [4.78, 5) is 2.48. The van der Waals surface area contributed by atoms with E-state index in [-0.39, 0.29) is 0 Å². The second kappa shape index (κ2) is 3.88. The molecule has 0 aliphatic carbocycles. The highest BCUT2D eigenvalue weighted by atomic mass is 32.1. The fourth-order valence-electron chi connectivity index (χ4n) is 1.28. The first-order valence-electron chi connectivity index (χ1n) is 4.58. The Morgan fingerprint density at radius 3 is 2.93 bits per heavy atom. The van der Waals surface area contributed by atoms with Gasteiger partial charge in [-0.2, -0.15) is 0 Å². The van der Waals surface area contributed by atoms with Gasteiger partial charge in [-0.25, -0.2) is 5.10 Å². The standard InChI is InChI=1S/C9H12N4S/c1-6(2)5-7-3-4-8(14-7)9-10-12-13-11-9/h3-4,6H,5H2,1-2H3,(H,10,11,12,13). The lowest BCUT2D eigenvalue weighted by molar-refractivity contribution is 0.654. The van der Waals surface area contributed by atoms with Gasteiger partial charge in [0.2, 0.25) is 0 Å². The molecule has 0 aromatic carbocycles. The van der Waals surface area contributed by atoms with Crippen molar-refractivity contribution in [2.75, 3.05) is 0 Å². The summed E-state index contributed by atoms with van der Waals surface area (Å²) in [6, 6.07) is 4.20. The normalized spacial score (nSPS) is 11.1.